The highest BCUT2D eigenvalue weighted by Crippen LogP contribution is 2.39. The first-order valence-corrected chi connectivity index (χ1v) is 11.0. The number of aliphatic hydroxyl groups excluding tert-OH is 1. The molecule has 1 unspecified atom stereocenters. The summed E-state index contributed by atoms with van der Waals surface area (Å²) >= 11 is 0.785. The van der Waals surface area contributed by atoms with Gasteiger partial charge in [-0.25, -0.2) is 4.39 Å². The second-order valence-corrected chi connectivity index (χ2v) is 8.63. The Kier molecular flexibility index (Phi) is 8.19. The number of ether oxygens (including phenoxy) is 1. The Morgan fingerprint density at radius 1 is 0.917 bits per heavy atom. The van der Waals surface area contributed by atoms with Crippen LogP contribution in [-0.4, -0.2) is 23.6 Å². The Balaban J connectivity index is 1.90. The third-order valence-corrected chi connectivity index (χ3v) is 6.05. The molecule has 3 aromatic rings. The predicted molar refractivity (Wildman–Crippen MR) is 117 cm³/mol. The Morgan fingerprint density at radius 3 is 2.11 bits per heavy atom. The summed E-state index contributed by atoms with van der Waals surface area (Å²) in [5.41, 5.74) is 0.718. The number of amides is 1. The van der Waals surface area contributed by atoms with Crippen LogP contribution in [0.15, 0.2) is 76.5 Å². The highest BCUT2D eigenvalue weighted by Gasteiger charge is 2.39. The minimum atomic E-state index is -5.04. The van der Waals surface area contributed by atoms with Gasteiger partial charge in [0.2, 0.25) is 0 Å². The maximum Gasteiger partial charge on any atom is 0.573 e. The van der Waals surface area contributed by atoms with Crippen molar-refractivity contribution in [1.82, 2.24) is 5.32 Å². The second-order valence-electron chi connectivity index (χ2n) is 7.54. The Labute approximate surface area is 205 Å². The number of aliphatic hydroxyl groups is 1. The zero-order valence-electron chi connectivity index (χ0n) is 18.3. The number of halogens is 7. The topological polar surface area (TPSA) is 58.6 Å². The molecular formula is C24H18F7NO3S. The van der Waals surface area contributed by atoms with Crippen molar-refractivity contribution in [3.05, 3.63) is 89.2 Å². The molecule has 0 aliphatic carbocycles. The van der Waals surface area contributed by atoms with Gasteiger partial charge in [0.25, 0.3) is 0 Å². The maximum absolute atomic E-state index is 14.2. The van der Waals surface area contributed by atoms with Crippen LogP contribution in [0.2, 0.25) is 0 Å². The number of hydrogen-bond acceptors (Lipinski definition) is 4. The summed E-state index contributed by atoms with van der Waals surface area (Å²) in [5, 5.41) is 12.7. The van der Waals surface area contributed by atoms with E-state index in [4.69, 9.17) is 0 Å². The minimum absolute atomic E-state index is 0.0873. The quantitative estimate of drug-likeness (QED) is 0.332. The Morgan fingerprint density at radius 2 is 1.53 bits per heavy atom. The van der Waals surface area contributed by atoms with Gasteiger partial charge in [0.05, 0.1) is 6.04 Å². The van der Waals surface area contributed by atoms with Crippen molar-refractivity contribution in [2.45, 2.75) is 41.4 Å². The average molecular weight is 533 g/mol. The van der Waals surface area contributed by atoms with Crippen LogP contribution in [0.5, 0.6) is 5.75 Å². The van der Waals surface area contributed by atoms with Crippen molar-refractivity contribution in [1.29, 1.82) is 0 Å². The van der Waals surface area contributed by atoms with Crippen molar-refractivity contribution in [2.24, 2.45) is 0 Å². The lowest BCUT2D eigenvalue weighted by molar-refractivity contribution is -0.274. The Bertz CT molecular complexity index is 1210. The Hall–Kier alpha value is -3.25. The number of carbonyl (C=O) groups excluding carboxylic acids is 1. The largest absolute Gasteiger partial charge is 0.573 e. The third kappa shape index (κ3) is 7.14. The zero-order chi connectivity index (χ0) is 26.7. The standard InChI is InChI=1S/C24H18F7NO3S/c1-13(32-22(34)23(26,27)28)14-6-8-15(9-7-14)21(33)17-11-10-16(35-24(29,30)31)12-20(17)36-19-5-3-2-4-18(19)25/h2-13,21,33H,1H3,(H,32,34)/t13-,21?/m0/s1. The van der Waals surface area contributed by atoms with E-state index < -0.39 is 42.2 Å². The van der Waals surface area contributed by atoms with E-state index in [2.05, 4.69) is 4.74 Å². The van der Waals surface area contributed by atoms with Crippen LogP contribution in [0, 0.1) is 5.82 Å². The number of benzene rings is 3. The van der Waals surface area contributed by atoms with E-state index in [0.29, 0.717) is 5.56 Å². The highest BCUT2D eigenvalue weighted by molar-refractivity contribution is 7.99. The fourth-order valence-corrected chi connectivity index (χ4v) is 4.20. The van der Waals surface area contributed by atoms with E-state index >= 15 is 0 Å². The van der Waals surface area contributed by atoms with Crippen LogP contribution in [0.25, 0.3) is 0 Å². The molecule has 36 heavy (non-hydrogen) atoms. The van der Waals surface area contributed by atoms with Crippen LogP contribution >= 0.6 is 11.8 Å². The van der Waals surface area contributed by atoms with Crippen LogP contribution in [0.3, 0.4) is 0 Å². The molecule has 0 aliphatic rings. The van der Waals surface area contributed by atoms with Gasteiger partial charge in [-0.2, -0.15) is 13.2 Å². The van der Waals surface area contributed by atoms with Gasteiger partial charge in [0, 0.05) is 9.79 Å². The van der Waals surface area contributed by atoms with Gasteiger partial charge in [-0.1, -0.05) is 54.2 Å². The fourth-order valence-electron chi connectivity index (χ4n) is 3.18. The molecule has 2 atom stereocenters. The maximum atomic E-state index is 14.2. The summed E-state index contributed by atoms with van der Waals surface area (Å²) in [4.78, 5) is 11.3. The van der Waals surface area contributed by atoms with Gasteiger partial charge in [-0.15, -0.1) is 13.2 Å². The molecule has 0 fully saturated rings. The molecule has 0 aromatic heterocycles. The molecule has 0 bridgehead atoms. The summed E-state index contributed by atoms with van der Waals surface area (Å²) in [5.74, 6) is -3.29. The molecule has 1 amide bonds. The van der Waals surface area contributed by atoms with E-state index in [9.17, 15) is 40.6 Å². The molecule has 192 valence electrons. The molecule has 3 rings (SSSR count). The smallest absolute Gasteiger partial charge is 0.406 e. The van der Waals surface area contributed by atoms with Crippen LogP contribution in [-0.2, 0) is 4.79 Å². The van der Waals surface area contributed by atoms with Gasteiger partial charge in [0.1, 0.15) is 17.7 Å². The average Bonchev–Trinajstić information content (AvgIpc) is 2.79. The van der Waals surface area contributed by atoms with Crippen LogP contribution in [0.1, 0.15) is 35.8 Å². The first kappa shape index (κ1) is 27.3. The zero-order valence-corrected chi connectivity index (χ0v) is 19.1. The van der Waals surface area contributed by atoms with Gasteiger partial charge < -0.3 is 15.2 Å². The van der Waals surface area contributed by atoms with Crippen LogP contribution < -0.4 is 10.1 Å². The van der Waals surface area contributed by atoms with Crippen molar-refractivity contribution in [3.63, 3.8) is 0 Å². The molecule has 0 saturated heterocycles. The van der Waals surface area contributed by atoms with Gasteiger partial charge in [-0.05, 0) is 47.9 Å². The first-order chi connectivity index (χ1) is 16.7. The summed E-state index contributed by atoms with van der Waals surface area (Å²) in [7, 11) is 0. The third-order valence-electron chi connectivity index (χ3n) is 4.93. The summed E-state index contributed by atoms with van der Waals surface area (Å²) in [6.45, 7) is 1.34. The minimum Gasteiger partial charge on any atom is -0.406 e. The highest BCUT2D eigenvalue weighted by atomic mass is 32.2. The summed E-state index contributed by atoms with van der Waals surface area (Å²) in [6, 6.07) is 13.4. The lowest BCUT2D eigenvalue weighted by atomic mass is 9.98. The molecule has 4 nitrogen and oxygen atoms in total. The molecular weight excluding hydrogens is 515 g/mol. The lowest BCUT2D eigenvalue weighted by Crippen LogP contribution is -2.38. The lowest BCUT2D eigenvalue weighted by Gasteiger charge is -2.19. The van der Waals surface area contributed by atoms with Gasteiger partial charge >= 0.3 is 18.4 Å². The predicted octanol–water partition coefficient (Wildman–Crippen LogP) is 6.70. The fraction of sp³-hybridized carbons (Fsp3) is 0.208. The monoisotopic (exact) mass is 533 g/mol. The van der Waals surface area contributed by atoms with Crippen molar-refractivity contribution in [3.8, 4) is 5.75 Å². The SMILES string of the molecule is C[C@H](NC(=O)C(F)(F)F)c1ccc(C(O)c2ccc(OC(F)(F)F)cc2Sc2ccccc2F)cc1. The molecule has 12 heteroatoms. The summed E-state index contributed by atoms with van der Waals surface area (Å²) < 4.78 is 93.7. The van der Waals surface area contributed by atoms with Crippen molar-refractivity contribution >= 4 is 17.7 Å². The van der Waals surface area contributed by atoms with E-state index in [1.54, 1.807) is 0 Å². The molecule has 2 N–H and O–H groups in total. The van der Waals surface area contributed by atoms with Crippen LogP contribution in [0.4, 0.5) is 30.7 Å². The van der Waals surface area contributed by atoms with Crippen molar-refractivity contribution in [2.75, 3.05) is 0 Å². The number of nitrogens with one attached hydrogen (secondary N) is 1. The van der Waals surface area contributed by atoms with E-state index in [1.165, 1.54) is 61.5 Å². The first-order valence-electron chi connectivity index (χ1n) is 10.2. The van der Waals surface area contributed by atoms with Gasteiger partial charge in [-0.3, -0.25) is 4.79 Å². The number of carbonyl (C=O) groups is 1. The van der Waals surface area contributed by atoms with E-state index in [-0.39, 0.29) is 20.9 Å². The molecule has 0 saturated carbocycles. The van der Waals surface area contributed by atoms with Crippen molar-refractivity contribution < 1.29 is 45.4 Å². The number of alkyl halides is 6. The molecule has 0 radical (unpaired) electrons. The second kappa shape index (κ2) is 10.8. The molecule has 0 heterocycles. The van der Waals surface area contributed by atoms with E-state index in [0.717, 1.165) is 23.9 Å². The van der Waals surface area contributed by atoms with Gasteiger partial charge in [0.15, 0.2) is 0 Å². The number of rotatable bonds is 7. The summed E-state index contributed by atoms with van der Waals surface area (Å²) in [6.07, 6.45) is -11.4. The van der Waals surface area contributed by atoms with E-state index in [1.807, 2.05) is 5.32 Å². The number of hydrogen-bond donors (Lipinski definition) is 2. The molecule has 0 aliphatic heterocycles. The molecule has 3 aromatic carbocycles. The normalized spacial score (nSPS) is 13.7. The molecule has 0 spiro atoms.